The number of nitrogens with zero attached hydrogens (tertiary/aromatic N) is 8. The van der Waals surface area contributed by atoms with Gasteiger partial charge in [0.25, 0.3) is 5.92 Å². The Hall–Kier alpha value is -3.93. The summed E-state index contributed by atoms with van der Waals surface area (Å²) in [5.41, 5.74) is -0.0425. The van der Waals surface area contributed by atoms with Crippen LogP contribution in [0, 0.1) is 28.4 Å². The zero-order chi connectivity index (χ0) is 34.7. The molecule has 0 spiro atoms. The van der Waals surface area contributed by atoms with Crippen molar-refractivity contribution >= 4 is 49.9 Å². The Balaban J connectivity index is 1.28. The second kappa shape index (κ2) is 12.4. The van der Waals surface area contributed by atoms with Gasteiger partial charge in [-0.2, -0.15) is 15.2 Å². The lowest BCUT2D eigenvalue weighted by atomic mass is 9.75. The molecule has 1 aromatic carbocycles. The number of anilines is 1. The molecule has 3 fully saturated rings. The van der Waals surface area contributed by atoms with E-state index in [1.807, 2.05) is 11.9 Å². The summed E-state index contributed by atoms with van der Waals surface area (Å²) in [4.78, 5) is 24.0. The summed E-state index contributed by atoms with van der Waals surface area (Å²) in [6.07, 6.45) is 6.14. The van der Waals surface area contributed by atoms with Crippen LogP contribution in [0.25, 0.3) is 32.2 Å². The third-order valence-electron chi connectivity index (χ3n) is 10.7. The zero-order valence-electron chi connectivity index (χ0n) is 27.8. The van der Waals surface area contributed by atoms with Crippen LogP contribution in [0.1, 0.15) is 50.5 Å². The SMILES string of the molecule is C=Nc1sc2c(F)ccc(-c3ncc4c(N(C)CC5(N(C)C)CCC5)nc(OCC5(CN6CCC(F)(F)CC6)CC5)nc4c3F)c2c1C#N. The second-order valence-corrected chi connectivity index (χ2v) is 15.1. The number of hydrogen-bond acceptors (Lipinski definition) is 10. The first-order valence-electron chi connectivity index (χ1n) is 16.5. The fourth-order valence-corrected chi connectivity index (χ4v) is 8.23. The second-order valence-electron chi connectivity index (χ2n) is 14.1. The number of thiophene rings is 1. The summed E-state index contributed by atoms with van der Waals surface area (Å²) in [6, 6.07) is 4.71. The Morgan fingerprint density at radius 1 is 1.08 bits per heavy atom. The molecule has 4 heterocycles. The van der Waals surface area contributed by atoms with Crippen molar-refractivity contribution in [3.8, 4) is 23.3 Å². The molecular weight excluding hydrogens is 656 g/mol. The van der Waals surface area contributed by atoms with Gasteiger partial charge in [0.15, 0.2) is 5.82 Å². The van der Waals surface area contributed by atoms with Gasteiger partial charge in [0.2, 0.25) is 0 Å². The van der Waals surface area contributed by atoms with Gasteiger partial charge in [0, 0.05) is 74.2 Å². The average Bonchev–Trinajstić information content (AvgIpc) is 3.71. The van der Waals surface area contributed by atoms with Gasteiger partial charge in [0.05, 0.1) is 22.3 Å². The predicted molar refractivity (Wildman–Crippen MR) is 183 cm³/mol. The summed E-state index contributed by atoms with van der Waals surface area (Å²) < 4.78 is 65.7. The van der Waals surface area contributed by atoms with Gasteiger partial charge in [-0.3, -0.25) is 9.98 Å². The highest BCUT2D eigenvalue weighted by molar-refractivity contribution is 7.23. The Bertz CT molecular complexity index is 1970. The van der Waals surface area contributed by atoms with Crippen molar-refractivity contribution in [2.24, 2.45) is 10.4 Å². The average molecular weight is 695 g/mol. The molecule has 1 saturated heterocycles. The Kier molecular flexibility index (Phi) is 8.52. The van der Waals surface area contributed by atoms with E-state index in [1.54, 1.807) is 0 Å². The molecule has 0 bridgehead atoms. The van der Waals surface area contributed by atoms with E-state index in [-0.39, 0.29) is 73.8 Å². The fraction of sp³-hybridized carbons (Fsp3) is 0.514. The number of fused-ring (bicyclic) bond motifs is 2. The van der Waals surface area contributed by atoms with E-state index in [1.165, 1.54) is 18.3 Å². The summed E-state index contributed by atoms with van der Waals surface area (Å²) in [6.45, 7) is 5.73. The molecule has 3 aliphatic rings. The van der Waals surface area contributed by atoms with Crippen LogP contribution in [0.5, 0.6) is 6.01 Å². The first-order valence-corrected chi connectivity index (χ1v) is 17.3. The molecule has 2 aliphatic carbocycles. The van der Waals surface area contributed by atoms with Crippen molar-refractivity contribution in [1.82, 2.24) is 24.8 Å². The number of benzene rings is 1. The number of likely N-dealkylation sites (N-methyl/N-ethyl adjacent to an activating group) is 2. The third-order valence-corrected chi connectivity index (χ3v) is 11.8. The molecule has 0 radical (unpaired) electrons. The van der Waals surface area contributed by atoms with Crippen molar-refractivity contribution in [3.63, 3.8) is 0 Å². The number of nitriles is 1. The number of aliphatic imine (C=N–C) groups is 1. The molecule has 14 heteroatoms. The van der Waals surface area contributed by atoms with Gasteiger partial charge >= 0.3 is 6.01 Å². The number of piperidine rings is 1. The maximum Gasteiger partial charge on any atom is 0.319 e. The van der Waals surface area contributed by atoms with Crippen molar-refractivity contribution < 1.29 is 22.3 Å². The summed E-state index contributed by atoms with van der Waals surface area (Å²) in [7, 11) is 6.03. The van der Waals surface area contributed by atoms with Crippen molar-refractivity contribution in [2.45, 2.75) is 56.4 Å². The van der Waals surface area contributed by atoms with Crippen LogP contribution in [0.2, 0.25) is 0 Å². The predicted octanol–water partition coefficient (Wildman–Crippen LogP) is 7.20. The van der Waals surface area contributed by atoms with E-state index in [0.717, 1.165) is 43.4 Å². The third kappa shape index (κ3) is 6.10. The van der Waals surface area contributed by atoms with Crippen LogP contribution >= 0.6 is 11.3 Å². The molecule has 49 heavy (non-hydrogen) atoms. The number of pyridine rings is 1. The smallest absolute Gasteiger partial charge is 0.319 e. The Labute approximate surface area is 286 Å². The first-order chi connectivity index (χ1) is 23.4. The number of alkyl halides is 2. The van der Waals surface area contributed by atoms with E-state index >= 15 is 4.39 Å². The van der Waals surface area contributed by atoms with Gasteiger partial charge in [-0.1, -0.05) is 0 Å². The van der Waals surface area contributed by atoms with Crippen molar-refractivity contribution in [1.29, 1.82) is 5.26 Å². The molecule has 3 aromatic heterocycles. The lowest BCUT2D eigenvalue weighted by Gasteiger charge is -2.49. The lowest BCUT2D eigenvalue weighted by molar-refractivity contribution is -0.0591. The van der Waals surface area contributed by atoms with Crippen molar-refractivity contribution in [3.05, 3.63) is 35.5 Å². The molecule has 9 nitrogen and oxygen atoms in total. The Morgan fingerprint density at radius 2 is 1.82 bits per heavy atom. The van der Waals surface area contributed by atoms with Crippen LogP contribution in [0.3, 0.4) is 0 Å². The molecule has 0 amide bonds. The van der Waals surface area contributed by atoms with Crippen LogP contribution in [-0.2, 0) is 0 Å². The quantitative estimate of drug-likeness (QED) is 0.120. The highest BCUT2D eigenvalue weighted by Gasteiger charge is 2.47. The summed E-state index contributed by atoms with van der Waals surface area (Å²) >= 11 is 0.971. The number of halogens is 4. The van der Waals surface area contributed by atoms with E-state index in [2.05, 4.69) is 51.6 Å². The van der Waals surface area contributed by atoms with Gasteiger partial charge in [-0.15, -0.1) is 11.3 Å². The molecule has 258 valence electrons. The highest BCUT2D eigenvalue weighted by atomic mass is 32.1. The minimum Gasteiger partial charge on any atom is -0.463 e. The van der Waals surface area contributed by atoms with Gasteiger partial charge in [-0.05, 0) is 65.0 Å². The van der Waals surface area contributed by atoms with Gasteiger partial charge in [0.1, 0.15) is 33.9 Å². The minimum absolute atomic E-state index is 0.00464. The zero-order valence-corrected chi connectivity index (χ0v) is 28.6. The summed E-state index contributed by atoms with van der Waals surface area (Å²) in [5.74, 6) is -3.46. The number of hydrogen-bond donors (Lipinski definition) is 0. The molecule has 0 N–H and O–H groups in total. The van der Waals surface area contributed by atoms with E-state index in [9.17, 15) is 18.4 Å². The topological polar surface area (TPSA) is 93.8 Å². The van der Waals surface area contributed by atoms with Gasteiger partial charge < -0.3 is 19.4 Å². The Morgan fingerprint density at radius 3 is 2.43 bits per heavy atom. The van der Waals surface area contributed by atoms with Crippen LogP contribution in [0.4, 0.5) is 28.4 Å². The largest absolute Gasteiger partial charge is 0.463 e. The normalized spacial score (nSPS) is 19.5. The van der Waals surface area contributed by atoms with Crippen LogP contribution in [-0.4, -0.2) is 96.9 Å². The van der Waals surface area contributed by atoms with E-state index < -0.39 is 17.6 Å². The molecule has 0 atom stereocenters. The number of aromatic nitrogens is 3. The molecular formula is C35H38F4N8OS. The maximum absolute atomic E-state index is 16.8. The lowest BCUT2D eigenvalue weighted by Crippen LogP contribution is -2.56. The number of ether oxygens (including phenoxy) is 1. The monoisotopic (exact) mass is 694 g/mol. The number of rotatable bonds is 11. The molecule has 2 saturated carbocycles. The molecule has 4 aromatic rings. The van der Waals surface area contributed by atoms with Gasteiger partial charge in [-0.25, -0.2) is 17.6 Å². The number of likely N-dealkylation sites (tertiary alicyclic amines) is 1. The molecule has 0 unspecified atom stereocenters. The van der Waals surface area contributed by atoms with E-state index in [4.69, 9.17) is 9.72 Å². The minimum atomic E-state index is -2.61. The molecule has 1 aliphatic heterocycles. The fourth-order valence-electron chi connectivity index (χ4n) is 7.24. The molecule has 7 rings (SSSR count). The standard InChI is InChI=1S/C35H38F4N8OS/c1-41-31-22(16-40)25-21(6-7-24(36)29(25)49-31)27-26(37)28-23(17-42-27)30(46(4)19-34(45(2)3)8-5-9-34)44-32(43-28)48-20-33(10-11-33)18-47-14-12-35(38,39)13-15-47/h6-7,17H,1,5,8-15,18-20H2,2-4H3. The van der Waals surface area contributed by atoms with Crippen molar-refractivity contribution in [2.75, 3.05) is 58.8 Å². The van der Waals surface area contributed by atoms with E-state index in [0.29, 0.717) is 37.4 Å². The maximum atomic E-state index is 16.8. The highest BCUT2D eigenvalue weighted by Crippen LogP contribution is 2.48. The first kappa shape index (κ1) is 33.6. The van der Waals surface area contributed by atoms with Crippen LogP contribution in [0.15, 0.2) is 23.3 Å². The summed E-state index contributed by atoms with van der Waals surface area (Å²) in [5, 5.41) is 10.8. The van der Waals surface area contributed by atoms with Crippen LogP contribution < -0.4 is 9.64 Å².